The number of hydrogen-bond acceptors (Lipinski definition) is 3. The summed E-state index contributed by atoms with van der Waals surface area (Å²) in [6.07, 6.45) is 3.28. The molecule has 1 amide bonds. The number of nitrogens with one attached hydrogen (secondary N) is 1. The molecule has 0 saturated carbocycles. The first-order valence-electron chi connectivity index (χ1n) is 7.96. The lowest BCUT2D eigenvalue weighted by atomic mass is 10.1. The number of rotatable bonds is 4. The second kappa shape index (κ2) is 6.72. The molecule has 0 radical (unpaired) electrons. The number of benzene rings is 1. The summed E-state index contributed by atoms with van der Waals surface area (Å²) < 4.78 is 3.07. The zero-order valence-corrected chi connectivity index (χ0v) is 15.0. The van der Waals surface area contributed by atoms with Crippen LogP contribution < -0.4 is 10.9 Å². The number of hydrogen-bond donors (Lipinski definition) is 1. The summed E-state index contributed by atoms with van der Waals surface area (Å²) in [7, 11) is 1.80. The number of carbonyl (C=O) groups is 1. The van der Waals surface area contributed by atoms with Gasteiger partial charge in [-0.2, -0.15) is 0 Å². The highest BCUT2D eigenvalue weighted by Crippen LogP contribution is 2.28. The number of carbonyl (C=O) groups excluding carboxylic acids is 1. The van der Waals surface area contributed by atoms with Gasteiger partial charge in [-0.25, -0.2) is 4.98 Å². The van der Waals surface area contributed by atoms with Crippen LogP contribution in [0.15, 0.2) is 41.6 Å². The van der Waals surface area contributed by atoms with Gasteiger partial charge in [0.1, 0.15) is 17.6 Å². The third-order valence-electron chi connectivity index (χ3n) is 3.86. The lowest BCUT2D eigenvalue weighted by molar-refractivity contribution is -0.122. The van der Waals surface area contributed by atoms with E-state index in [9.17, 15) is 9.59 Å². The SMILES string of the molecule is CC(C)NC(=O)Cn1cnc2c(-c3ccc(Cl)cc3)cn(C)c2c1=O. The summed E-state index contributed by atoms with van der Waals surface area (Å²) in [5.41, 5.74) is 2.61. The first-order valence-corrected chi connectivity index (χ1v) is 8.34. The summed E-state index contributed by atoms with van der Waals surface area (Å²) in [6.45, 7) is 3.69. The maximum atomic E-state index is 12.8. The smallest absolute Gasteiger partial charge is 0.278 e. The summed E-state index contributed by atoms with van der Waals surface area (Å²) in [5.74, 6) is -0.217. The normalized spacial score (nSPS) is 11.2. The fourth-order valence-electron chi connectivity index (χ4n) is 2.79. The van der Waals surface area contributed by atoms with Gasteiger partial charge in [0.2, 0.25) is 5.91 Å². The third-order valence-corrected chi connectivity index (χ3v) is 4.12. The van der Waals surface area contributed by atoms with Crippen molar-refractivity contribution < 1.29 is 4.79 Å². The Kier molecular flexibility index (Phi) is 4.63. The Balaban J connectivity index is 2.05. The fraction of sp³-hybridized carbons (Fsp3) is 0.278. The number of nitrogens with zero attached hydrogens (tertiary/aromatic N) is 3. The number of aryl methyl sites for hydroxylation is 1. The predicted octanol–water partition coefficient (Wildman–Crippen LogP) is 2.58. The zero-order valence-electron chi connectivity index (χ0n) is 14.3. The van der Waals surface area contributed by atoms with Crippen LogP contribution in [0, 0.1) is 0 Å². The molecule has 0 bridgehead atoms. The molecule has 0 spiro atoms. The summed E-state index contributed by atoms with van der Waals surface area (Å²) in [4.78, 5) is 29.1. The van der Waals surface area contributed by atoms with Crippen molar-refractivity contribution in [2.24, 2.45) is 7.05 Å². The van der Waals surface area contributed by atoms with Crippen molar-refractivity contribution in [1.82, 2.24) is 19.4 Å². The molecule has 0 unspecified atom stereocenters. The molecule has 0 atom stereocenters. The minimum atomic E-state index is -0.244. The number of aromatic nitrogens is 3. The Labute approximate surface area is 150 Å². The fourth-order valence-corrected chi connectivity index (χ4v) is 2.91. The van der Waals surface area contributed by atoms with Crippen molar-refractivity contribution in [3.8, 4) is 11.1 Å². The molecule has 0 fully saturated rings. The second-order valence-electron chi connectivity index (χ2n) is 6.26. The first-order chi connectivity index (χ1) is 11.9. The summed E-state index contributed by atoms with van der Waals surface area (Å²) >= 11 is 5.94. The van der Waals surface area contributed by atoms with Crippen LogP contribution in [-0.4, -0.2) is 26.1 Å². The van der Waals surface area contributed by atoms with Crippen LogP contribution in [0.4, 0.5) is 0 Å². The van der Waals surface area contributed by atoms with E-state index < -0.39 is 0 Å². The van der Waals surface area contributed by atoms with E-state index in [0.29, 0.717) is 16.1 Å². The Hall–Kier alpha value is -2.60. The van der Waals surface area contributed by atoms with E-state index in [2.05, 4.69) is 10.3 Å². The second-order valence-corrected chi connectivity index (χ2v) is 6.69. The quantitative estimate of drug-likeness (QED) is 0.779. The summed E-state index contributed by atoms with van der Waals surface area (Å²) in [5, 5.41) is 3.42. The Morgan fingerprint density at radius 2 is 1.96 bits per heavy atom. The van der Waals surface area contributed by atoms with Gasteiger partial charge in [0, 0.05) is 29.9 Å². The Morgan fingerprint density at radius 1 is 1.28 bits per heavy atom. The molecule has 3 rings (SSSR count). The van der Waals surface area contributed by atoms with E-state index >= 15 is 0 Å². The minimum absolute atomic E-state index is 0.0198. The van der Waals surface area contributed by atoms with Crippen molar-refractivity contribution in [2.45, 2.75) is 26.4 Å². The highest BCUT2D eigenvalue weighted by atomic mass is 35.5. The van der Waals surface area contributed by atoms with Gasteiger partial charge in [0.15, 0.2) is 0 Å². The van der Waals surface area contributed by atoms with E-state index in [4.69, 9.17) is 11.6 Å². The molecular formula is C18H19ClN4O2. The van der Waals surface area contributed by atoms with Gasteiger partial charge in [-0.3, -0.25) is 14.2 Å². The van der Waals surface area contributed by atoms with Crippen LogP contribution in [-0.2, 0) is 18.4 Å². The van der Waals surface area contributed by atoms with Crippen LogP contribution in [0.3, 0.4) is 0 Å². The van der Waals surface area contributed by atoms with Crippen molar-refractivity contribution in [2.75, 3.05) is 0 Å². The van der Waals surface area contributed by atoms with Gasteiger partial charge in [0.25, 0.3) is 5.56 Å². The highest BCUT2D eigenvalue weighted by Gasteiger charge is 2.16. The molecule has 0 aliphatic carbocycles. The summed E-state index contributed by atoms with van der Waals surface area (Å²) in [6, 6.07) is 7.40. The van der Waals surface area contributed by atoms with E-state index in [0.717, 1.165) is 11.1 Å². The third kappa shape index (κ3) is 3.44. The molecule has 1 aromatic carbocycles. The van der Waals surface area contributed by atoms with Crippen LogP contribution in [0.1, 0.15) is 13.8 Å². The predicted molar refractivity (Wildman–Crippen MR) is 98.7 cm³/mol. The van der Waals surface area contributed by atoms with Crippen LogP contribution >= 0.6 is 11.6 Å². The van der Waals surface area contributed by atoms with E-state index in [1.807, 2.05) is 32.2 Å². The van der Waals surface area contributed by atoms with Gasteiger partial charge >= 0.3 is 0 Å². The van der Waals surface area contributed by atoms with Gasteiger partial charge < -0.3 is 9.88 Å². The molecule has 0 aliphatic rings. The molecule has 0 saturated heterocycles. The molecule has 25 heavy (non-hydrogen) atoms. The van der Waals surface area contributed by atoms with Gasteiger partial charge in [-0.15, -0.1) is 0 Å². The molecule has 130 valence electrons. The molecule has 2 heterocycles. The van der Waals surface area contributed by atoms with Crippen molar-refractivity contribution in [1.29, 1.82) is 0 Å². The van der Waals surface area contributed by atoms with E-state index in [1.54, 1.807) is 23.7 Å². The van der Waals surface area contributed by atoms with Crippen LogP contribution in [0.25, 0.3) is 22.2 Å². The monoisotopic (exact) mass is 358 g/mol. The highest BCUT2D eigenvalue weighted by molar-refractivity contribution is 6.30. The standard InChI is InChI=1S/C18H19ClN4O2/c1-11(2)21-15(24)9-23-10-20-16-14(8-22(3)17(16)18(23)25)12-4-6-13(19)7-5-12/h4-8,10-11H,9H2,1-3H3,(H,21,24). The largest absolute Gasteiger partial charge is 0.352 e. The zero-order chi connectivity index (χ0) is 18.1. The molecule has 0 aliphatic heterocycles. The average molecular weight is 359 g/mol. The topological polar surface area (TPSA) is 68.9 Å². The molecule has 1 N–H and O–H groups in total. The van der Waals surface area contributed by atoms with Gasteiger partial charge in [-0.05, 0) is 31.5 Å². The first kappa shape index (κ1) is 17.2. The average Bonchev–Trinajstić information content (AvgIpc) is 2.87. The van der Waals surface area contributed by atoms with Crippen LogP contribution in [0.2, 0.25) is 5.02 Å². The van der Waals surface area contributed by atoms with Crippen molar-refractivity contribution in [3.63, 3.8) is 0 Å². The molecule has 7 heteroatoms. The number of halogens is 1. The molecule has 6 nitrogen and oxygen atoms in total. The maximum Gasteiger partial charge on any atom is 0.278 e. The molecule has 2 aromatic heterocycles. The minimum Gasteiger partial charge on any atom is -0.352 e. The van der Waals surface area contributed by atoms with Crippen molar-refractivity contribution >= 4 is 28.5 Å². The maximum absolute atomic E-state index is 12.8. The number of amides is 1. The van der Waals surface area contributed by atoms with Gasteiger partial charge in [0.05, 0.1) is 6.33 Å². The number of fused-ring (bicyclic) bond motifs is 1. The van der Waals surface area contributed by atoms with E-state index in [1.165, 1.54) is 10.9 Å². The van der Waals surface area contributed by atoms with Crippen molar-refractivity contribution in [3.05, 3.63) is 52.2 Å². The van der Waals surface area contributed by atoms with E-state index in [-0.39, 0.29) is 24.1 Å². The van der Waals surface area contributed by atoms with Crippen LogP contribution in [0.5, 0.6) is 0 Å². The Morgan fingerprint density at radius 3 is 2.60 bits per heavy atom. The molecule has 3 aromatic rings. The molecular weight excluding hydrogens is 340 g/mol. The Bertz CT molecular complexity index is 987. The lowest BCUT2D eigenvalue weighted by Gasteiger charge is -2.10. The van der Waals surface area contributed by atoms with Gasteiger partial charge in [-0.1, -0.05) is 23.7 Å². The lowest BCUT2D eigenvalue weighted by Crippen LogP contribution is -2.36.